The van der Waals surface area contributed by atoms with E-state index in [0.717, 1.165) is 44.7 Å². The molecule has 0 radical (unpaired) electrons. The van der Waals surface area contributed by atoms with Gasteiger partial charge in [0, 0.05) is 38.1 Å². The molecule has 0 N–H and O–H groups in total. The van der Waals surface area contributed by atoms with Crippen LogP contribution in [0.1, 0.15) is 54.8 Å². The Hall–Kier alpha value is -2.28. The molecule has 2 fully saturated rings. The Morgan fingerprint density at radius 1 is 1.15 bits per heavy atom. The van der Waals surface area contributed by atoms with Gasteiger partial charge in [0.1, 0.15) is 5.82 Å². The number of rotatable bonds is 4. The fourth-order valence-electron chi connectivity index (χ4n) is 3.84. The average Bonchev–Trinajstić information content (AvgIpc) is 3.19. The minimum Gasteiger partial charge on any atom is -0.381 e. The molecule has 7 heteroatoms. The second-order valence-electron chi connectivity index (χ2n) is 7.34. The number of benzene rings is 1. The molecule has 2 aliphatic rings. The first-order valence-corrected chi connectivity index (χ1v) is 9.62. The van der Waals surface area contributed by atoms with Gasteiger partial charge in [0.25, 0.3) is 0 Å². The number of carbonyl (C=O) groups excluding carboxylic acids is 1. The van der Waals surface area contributed by atoms with Crippen molar-refractivity contribution in [3.8, 4) is 0 Å². The van der Waals surface area contributed by atoms with Crippen LogP contribution in [0.15, 0.2) is 28.8 Å². The van der Waals surface area contributed by atoms with Crippen molar-refractivity contribution in [2.24, 2.45) is 0 Å². The number of likely N-dealkylation sites (tertiary alicyclic amines) is 1. The minimum atomic E-state index is -0.310. The van der Waals surface area contributed by atoms with Gasteiger partial charge in [-0.2, -0.15) is 4.98 Å². The maximum atomic E-state index is 13.3. The van der Waals surface area contributed by atoms with Gasteiger partial charge in [0.2, 0.25) is 11.8 Å². The Kier molecular flexibility index (Phi) is 5.48. The molecule has 0 spiro atoms. The van der Waals surface area contributed by atoms with Gasteiger partial charge in [0.05, 0.1) is 6.42 Å². The van der Waals surface area contributed by atoms with Crippen molar-refractivity contribution in [2.75, 3.05) is 26.3 Å². The van der Waals surface area contributed by atoms with Crippen LogP contribution in [0.5, 0.6) is 0 Å². The average molecular weight is 373 g/mol. The summed E-state index contributed by atoms with van der Waals surface area (Å²) in [7, 11) is 0. The third-order valence-electron chi connectivity index (χ3n) is 5.49. The monoisotopic (exact) mass is 373 g/mol. The lowest BCUT2D eigenvalue weighted by molar-refractivity contribution is -0.131. The lowest BCUT2D eigenvalue weighted by atomic mass is 9.96. The number of piperidine rings is 1. The zero-order valence-corrected chi connectivity index (χ0v) is 15.3. The molecule has 144 valence electrons. The summed E-state index contributed by atoms with van der Waals surface area (Å²) in [6.45, 7) is 2.82. The number of ether oxygens (including phenoxy) is 1. The molecule has 1 amide bonds. The SMILES string of the molecule is O=C(Cc1cccc(F)c1)N1CCC(c2nc(C3CCOCC3)no2)CC1. The van der Waals surface area contributed by atoms with E-state index < -0.39 is 0 Å². The van der Waals surface area contributed by atoms with Crippen LogP contribution in [-0.2, 0) is 16.0 Å². The number of amides is 1. The molecule has 2 aromatic rings. The lowest BCUT2D eigenvalue weighted by Crippen LogP contribution is -2.38. The topological polar surface area (TPSA) is 68.5 Å². The highest BCUT2D eigenvalue weighted by atomic mass is 19.1. The van der Waals surface area contributed by atoms with Gasteiger partial charge in [-0.15, -0.1) is 0 Å². The molecule has 27 heavy (non-hydrogen) atoms. The van der Waals surface area contributed by atoms with E-state index in [0.29, 0.717) is 30.5 Å². The highest BCUT2D eigenvalue weighted by Crippen LogP contribution is 2.30. The fourth-order valence-corrected chi connectivity index (χ4v) is 3.84. The Balaban J connectivity index is 1.31. The number of hydrogen-bond donors (Lipinski definition) is 0. The molecular weight excluding hydrogens is 349 g/mol. The van der Waals surface area contributed by atoms with Crippen LogP contribution in [0.25, 0.3) is 0 Å². The Bertz CT molecular complexity index is 780. The zero-order chi connectivity index (χ0) is 18.6. The van der Waals surface area contributed by atoms with Crippen molar-refractivity contribution >= 4 is 5.91 Å². The van der Waals surface area contributed by atoms with Crippen molar-refractivity contribution in [1.29, 1.82) is 0 Å². The van der Waals surface area contributed by atoms with Crippen LogP contribution < -0.4 is 0 Å². The van der Waals surface area contributed by atoms with Gasteiger partial charge in [0.15, 0.2) is 5.82 Å². The smallest absolute Gasteiger partial charge is 0.229 e. The van der Waals surface area contributed by atoms with E-state index in [4.69, 9.17) is 9.26 Å². The first-order chi connectivity index (χ1) is 13.2. The second kappa shape index (κ2) is 8.17. The van der Waals surface area contributed by atoms with E-state index in [1.807, 2.05) is 4.90 Å². The predicted octanol–water partition coefficient (Wildman–Crippen LogP) is 3.05. The van der Waals surface area contributed by atoms with E-state index in [1.165, 1.54) is 12.1 Å². The molecule has 1 aromatic heterocycles. The van der Waals surface area contributed by atoms with E-state index in [2.05, 4.69) is 10.1 Å². The Morgan fingerprint density at radius 2 is 1.93 bits per heavy atom. The number of nitrogens with zero attached hydrogens (tertiary/aromatic N) is 3. The lowest BCUT2D eigenvalue weighted by Gasteiger charge is -2.30. The number of carbonyl (C=O) groups is 1. The second-order valence-corrected chi connectivity index (χ2v) is 7.34. The van der Waals surface area contributed by atoms with Crippen LogP contribution >= 0.6 is 0 Å². The molecule has 0 saturated carbocycles. The van der Waals surface area contributed by atoms with Gasteiger partial charge >= 0.3 is 0 Å². The summed E-state index contributed by atoms with van der Waals surface area (Å²) in [5.41, 5.74) is 0.708. The van der Waals surface area contributed by atoms with Crippen LogP contribution in [0.2, 0.25) is 0 Å². The zero-order valence-electron chi connectivity index (χ0n) is 15.3. The van der Waals surface area contributed by atoms with Crippen LogP contribution in [-0.4, -0.2) is 47.3 Å². The van der Waals surface area contributed by atoms with Crippen LogP contribution in [0.3, 0.4) is 0 Å². The summed E-state index contributed by atoms with van der Waals surface area (Å²) in [6.07, 6.45) is 3.73. The molecule has 0 unspecified atom stereocenters. The Morgan fingerprint density at radius 3 is 2.67 bits per heavy atom. The van der Waals surface area contributed by atoms with E-state index >= 15 is 0 Å². The maximum absolute atomic E-state index is 13.3. The quantitative estimate of drug-likeness (QED) is 0.824. The molecule has 0 aliphatic carbocycles. The maximum Gasteiger partial charge on any atom is 0.229 e. The summed E-state index contributed by atoms with van der Waals surface area (Å²) in [5, 5.41) is 4.18. The summed E-state index contributed by atoms with van der Waals surface area (Å²) in [5.74, 6) is 1.73. The van der Waals surface area contributed by atoms with E-state index in [-0.39, 0.29) is 24.1 Å². The summed E-state index contributed by atoms with van der Waals surface area (Å²) in [6, 6.07) is 6.22. The molecule has 3 heterocycles. The first-order valence-electron chi connectivity index (χ1n) is 9.62. The van der Waals surface area contributed by atoms with Crippen molar-refractivity contribution < 1.29 is 18.4 Å². The molecule has 4 rings (SSSR count). The van der Waals surface area contributed by atoms with E-state index in [9.17, 15) is 9.18 Å². The third-order valence-corrected chi connectivity index (χ3v) is 5.49. The van der Waals surface area contributed by atoms with Crippen molar-refractivity contribution in [3.05, 3.63) is 47.4 Å². The van der Waals surface area contributed by atoms with Gasteiger partial charge in [-0.3, -0.25) is 4.79 Å². The minimum absolute atomic E-state index is 0.0347. The Labute approximate surface area is 157 Å². The van der Waals surface area contributed by atoms with Gasteiger partial charge in [-0.1, -0.05) is 17.3 Å². The van der Waals surface area contributed by atoms with Gasteiger partial charge in [-0.25, -0.2) is 4.39 Å². The molecule has 0 bridgehead atoms. The number of aromatic nitrogens is 2. The molecular formula is C20H24FN3O3. The van der Waals surface area contributed by atoms with Crippen LogP contribution in [0.4, 0.5) is 4.39 Å². The summed E-state index contributed by atoms with van der Waals surface area (Å²) < 4.78 is 24.2. The number of halogens is 1. The molecule has 6 nitrogen and oxygen atoms in total. The summed E-state index contributed by atoms with van der Waals surface area (Å²) in [4.78, 5) is 18.9. The van der Waals surface area contributed by atoms with Crippen molar-refractivity contribution in [3.63, 3.8) is 0 Å². The van der Waals surface area contributed by atoms with Gasteiger partial charge in [-0.05, 0) is 43.4 Å². The number of hydrogen-bond acceptors (Lipinski definition) is 5. The highest BCUT2D eigenvalue weighted by molar-refractivity contribution is 5.78. The first kappa shape index (κ1) is 18.1. The molecule has 0 atom stereocenters. The molecule has 1 aromatic carbocycles. The largest absolute Gasteiger partial charge is 0.381 e. The molecule has 2 saturated heterocycles. The summed E-state index contributed by atoms with van der Waals surface area (Å²) >= 11 is 0. The van der Waals surface area contributed by atoms with Crippen molar-refractivity contribution in [2.45, 2.75) is 43.9 Å². The van der Waals surface area contributed by atoms with Crippen molar-refractivity contribution in [1.82, 2.24) is 15.0 Å². The van der Waals surface area contributed by atoms with Gasteiger partial charge < -0.3 is 14.2 Å². The standard InChI is InChI=1S/C20H24FN3O3/c21-17-3-1-2-14(12-17)13-18(25)24-8-4-16(5-9-24)20-22-19(23-27-20)15-6-10-26-11-7-15/h1-3,12,15-16H,4-11,13H2. The fraction of sp³-hybridized carbons (Fsp3) is 0.550. The molecule has 2 aliphatic heterocycles. The van der Waals surface area contributed by atoms with Crippen LogP contribution in [0, 0.1) is 5.82 Å². The van der Waals surface area contributed by atoms with E-state index in [1.54, 1.807) is 12.1 Å². The third kappa shape index (κ3) is 4.35. The predicted molar refractivity (Wildman–Crippen MR) is 95.8 cm³/mol. The highest BCUT2D eigenvalue weighted by Gasteiger charge is 2.29. The normalized spacial score (nSPS) is 19.4.